The molecule has 41 heavy (non-hydrogen) atoms. The van der Waals surface area contributed by atoms with E-state index in [0.29, 0.717) is 4.88 Å². The summed E-state index contributed by atoms with van der Waals surface area (Å²) < 4.78 is 93.0. The van der Waals surface area contributed by atoms with Crippen molar-refractivity contribution in [2.75, 3.05) is 11.5 Å². The van der Waals surface area contributed by atoms with E-state index < -0.39 is 34.5 Å². The molecule has 2 aliphatic rings. The molecule has 0 unspecified atom stereocenters. The normalized spacial score (nSPS) is 18.7. The third-order valence-electron chi connectivity index (χ3n) is 6.65. The molecule has 0 amide bonds. The van der Waals surface area contributed by atoms with Crippen LogP contribution in [0.4, 0.5) is 26.3 Å². The van der Waals surface area contributed by atoms with Crippen LogP contribution in [0, 0.1) is 36.5 Å². The van der Waals surface area contributed by atoms with Crippen LogP contribution >= 0.6 is 46.2 Å². The lowest BCUT2D eigenvalue weighted by Gasteiger charge is -2.25. The van der Waals surface area contributed by atoms with Gasteiger partial charge in [0, 0.05) is 52.0 Å². The first-order valence-corrected chi connectivity index (χ1v) is 15.6. The average molecular weight is 637 g/mol. The Balaban J connectivity index is 1.78. The Hall–Kier alpha value is -2.90. The van der Waals surface area contributed by atoms with Gasteiger partial charge in [-0.2, -0.15) is 36.9 Å². The second-order valence-corrected chi connectivity index (χ2v) is 14.2. The smallest absolute Gasteiger partial charge is 0.194 e. The Morgan fingerprint density at radius 3 is 1.90 bits per heavy atom. The van der Waals surface area contributed by atoms with Crippen molar-refractivity contribution in [1.82, 2.24) is 0 Å². The molecule has 1 fully saturated rings. The fourth-order valence-electron chi connectivity index (χ4n) is 4.76. The molecule has 0 spiro atoms. The maximum atomic E-state index is 15.6. The van der Waals surface area contributed by atoms with Gasteiger partial charge in [0.25, 0.3) is 0 Å². The predicted octanol–water partition coefficient (Wildman–Crippen LogP) is 9.88. The van der Waals surface area contributed by atoms with Gasteiger partial charge in [0.2, 0.25) is 0 Å². The average Bonchev–Trinajstić information content (AvgIpc) is 3.68. The van der Waals surface area contributed by atoms with E-state index in [1.165, 1.54) is 19.9 Å². The van der Waals surface area contributed by atoms with Gasteiger partial charge in [-0.3, -0.25) is 0 Å². The zero-order valence-corrected chi connectivity index (χ0v) is 24.6. The standard InChI is InChI=1S/C29H18F6N2S4/c1-15-20(11-19(40-15)10-17(13-36)14-37)24-25(28(32,33)29(34,35)27(24,30)31)21-12-22(41-16(21)2)23(26-38-8-9-39-26)18-6-4-3-5-7-18/h3-7,10-12H,8-9H2,1-2H3. The number of hydrogen-bond acceptors (Lipinski definition) is 6. The highest BCUT2D eigenvalue weighted by atomic mass is 32.2. The van der Waals surface area contributed by atoms with Crippen LogP contribution < -0.4 is 0 Å². The molecular weight excluding hydrogens is 619 g/mol. The first-order valence-electron chi connectivity index (χ1n) is 12.0. The third kappa shape index (κ3) is 4.75. The quantitative estimate of drug-likeness (QED) is 0.207. The summed E-state index contributed by atoms with van der Waals surface area (Å²) >= 11 is 5.13. The van der Waals surface area contributed by atoms with Crippen LogP contribution in [0.1, 0.15) is 36.2 Å². The number of hydrogen-bond donors (Lipinski definition) is 0. The minimum atomic E-state index is -5.69. The van der Waals surface area contributed by atoms with Crippen molar-refractivity contribution in [3.05, 3.63) is 88.5 Å². The van der Waals surface area contributed by atoms with E-state index in [2.05, 4.69) is 0 Å². The van der Waals surface area contributed by atoms with Crippen LogP contribution in [0.2, 0.25) is 0 Å². The zero-order valence-electron chi connectivity index (χ0n) is 21.3. The van der Waals surface area contributed by atoms with Crippen molar-refractivity contribution in [3.63, 3.8) is 0 Å². The fraction of sp³-hybridized carbons (Fsp3) is 0.241. The molecule has 5 rings (SSSR count). The van der Waals surface area contributed by atoms with E-state index in [4.69, 9.17) is 10.5 Å². The van der Waals surface area contributed by atoms with Crippen LogP contribution in [0.15, 0.2) is 52.3 Å². The molecule has 0 radical (unpaired) electrons. The fourth-order valence-corrected chi connectivity index (χ4v) is 9.58. The summed E-state index contributed by atoms with van der Waals surface area (Å²) in [6.07, 6.45) is 1.11. The van der Waals surface area contributed by atoms with Gasteiger partial charge in [-0.25, -0.2) is 0 Å². The molecule has 1 aliphatic carbocycles. The molecule has 0 saturated carbocycles. The van der Waals surface area contributed by atoms with Crippen molar-refractivity contribution in [3.8, 4) is 12.1 Å². The number of nitrogens with zero attached hydrogens (tertiary/aromatic N) is 2. The third-order valence-corrected chi connectivity index (χ3v) is 11.4. The Labute approximate surface area is 248 Å². The van der Waals surface area contributed by atoms with Gasteiger partial charge in [0.15, 0.2) is 0 Å². The highest BCUT2D eigenvalue weighted by Gasteiger charge is 2.80. The number of halogens is 6. The number of allylic oxidation sites excluding steroid dienone is 3. The number of alkyl halides is 6. The highest BCUT2D eigenvalue weighted by molar-refractivity contribution is 8.25. The summed E-state index contributed by atoms with van der Waals surface area (Å²) in [6, 6.07) is 14.8. The number of rotatable bonds is 5. The molecule has 1 saturated heterocycles. The van der Waals surface area contributed by atoms with Crippen LogP contribution in [0.5, 0.6) is 0 Å². The Bertz CT molecular complexity index is 1690. The molecule has 2 aromatic heterocycles. The van der Waals surface area contributed by atoms with Gasteiger partial charge in [-0.05, 0) is 48.7 Å². The van der Waals surface area contributed by atoms with Crippen LogP contribution in [0.25, 0.3) is 22.8 Å². The summed E-state index contributed by atoms with van der Waals surface area (Å²) in [4.78, 5) is 0.920. The summed E-state index contributed by atoms with van der Waals surface area (Å²) in [7, 11) is 0. The summed E-state index contributed by atoms with van der Waals surface area (Å²) in [5.41, 5.74) is -2.47. The second-order valence-electron chi connectivity index (χ2n) is 9.18. The van der Waals surface area contributed by atoms with Gasteiger partial charge in [0.1, 0.15) is 17.7 Å². The molecule has 0 atom stereocenters. The lowest BCUT2D eigenvalue weighted by atomic mass is 9.94. The minimum absolute atomic E-state index is 0.0751. The lowest BCUT2D eigenvalue weighted by Crippen LogP contribution is -2.48. The second kappa shape index (κ2) is 10.7. The maximum Gasteiger partial charge on any atom is 0.380 e. The molecule has 3 heterocycles. The Morgan fingerprint density at radius 2 is 1.34 bits per heavy atom. The van der Waals surface area contributed by atoms with Gasteiger partial charge >= 0.3 is 17.8 Å². The van der Waals surface area contributed by atoms with E-state index in [1.54, 1.807) is 35.7 Å². The van der Waals surface area contributed by atoms with E-state index in [-0.39, 0.29) is 25.8 Å². The number of thiophene rings is 2. The van der Waals surface area contributed by atoms with Crippen molar-refractivity contribution in [2.24, 2.45) is 0 Å². The van der Waals surface area contributed by atoms with Gasteiger partial charge in [-0.1, -0.05) is 30.3 Å². The van der Waals surface area contributed by atoms with Gasteiger partial charge in [0.05, 0.1) is 0 Å². The van der Waals surface area contributed by atoms with E-state index >= 15 is 17.6 Å². The Morgan fingerprint density at radius 1 is 0.805 bits per heavy atom. The maximum absolute atomic E-state index is 15.6. The zero-order chi connectivity index (χ0) is 29.7. The van der Waals surface area contributed by atoms with E-state index in [0.717, 1.165) is 61.7 Å². The molecule has 0 N–H and O–H groups in total. The molecule has 1 aromatic carbocycles. The van der Waals surface area contributed by atoms with Gasteiger partial charge in [-0.15, -0.1) is 46.2 Å². The van der Waals surface area contributed by atoms with E-state index in [1.807, 2.05) is 30.3 Å². The molecule has 3 aromatic rings. The Kier molecular flexibility index (Phi) is 7.75. The number of aryl methyl sites for hydroxylation is 2. The molecule has 0 bridgehead atoms. The molecule has 1 aliphatic heterocycles. The summed E-state index contributed by atoms with van der Waals surface area (Å²) in [5.74, 6) is -14.4. The first kappa shape index (κ1) is 29.6. The van der Waals surface area contributed by atoms with Crippen molar-refractivity contribution < 1.29 is 26.3 Å². The molecule has 2 nitrogen and oxygen atoms in total. The topological polar surface area (TPSA) is 47.6 Å². The number of benzene rings is 1. The number of nitriles is 2. The largest absolute Gasteiger partial charge is 0.380 e. The number of thioether (sulfide) groups is 2. The van der Waals surface area contributed by atoms with Crippen LogP contribution in [0.3, 0.4) is 0 Å². The van der Waals surface area contributed by atoms with Crippen molar-refractivity contribution in [2.45, 2.75) is 31.6 Å². The van der Waals surface area contributed by atoms with Crippen molar-refractivity contribution in [1.29, 1.82) is 10.5 Å². The monoisotopic (exact) mass is 636 g/mol. The SMILES string of the molecule is Cc1sc(C=C(C#N)C#N)cc1C1=C(c2cc(C(=C3SCCS3)c3ccccc3)sc2C)C(F)(F)C(F)(F)C1(F)F. The molecule has 210 valence electrons. The van der Waals surface area contributed by atoms with Crippen molar-refractivity contribution >= 4 is 69.0 Å². The molecule has 12 heteroatoms. The highest BCUT2D eigenvalue weighted by Crippen LogP contribution is 2.66. The lowest BCUT2D eigenvalue weighted by molar-refractivity contribution is -0.254. The van der Waals surface area contributed by atoms with E-state index in [9.17, 15) is 8.78 Å². The summed E-state index contributed by atoms with van der Waals surface area (Å²) in [6.45, 7) is 2.81. The van der Waals surface area contributed by atoms with Crippen LogP contribution in [-0.2, 0) is 0 Å². The predicted molar refractivity (Wildman–Crippen MR) is 156 cm³/mol. The first-order chi connectivity index (χ1) is 19.3. The molecular formula is C29H18F6N2S4. The minimum Gasteiger partial charge on any atom is -0.194 e. The summed E-state index contributed by atoms with van der Waals surface area (Å²) in [5, 5.41) is 18.1. The van der Waals surface area contributed by atoms with Crippen LogP contribution in [-0.4, -0.2) is 29.3 Å². The van der Waals surface area contributed by atoms with Gasteiger partial charge < -0.3 is 0 Å².